The van der Waals surface area contributed by atoms with Gasteiger partial charge in [0, 0.05) is 21.3 Å². The third-order valence-electron chi connectivity index (χ3n) is 5.23. The highest BCUT2D eigenvalue weighted by atomic mass is 35.5. The summed E-state index contributed by atoms with van der Waals surface area (Å²) in [5.74, 6) is 0.0585. The Kier molecular flexibility index (Phi) is 4.76. The number of carbonyl (C=O) groups excluding carboxylic acids is 2. The summed E-state index contributed by atoms with van der Waals surface area (Å²) in [6.07, 6.45) is 2.72. The highest BCUT2D eigenvalue weighted by Crippen LogP contribution is 2.50. The molecule has 1 saturated carbocycles. The van der Waals surface area contributed by atoms with Crippen LogP contribution in [0.25, 0.3) is 0 Å². The molecule has 0 spiro atoms. The van der Waals surface area contributed by atoms with E-state index in [-0.39, 0.29) is 17.5 Å². The minimum atomic E-state index is -0.227. The first-order valence-electron chi connectivity index (χ1n) is 8.86. The zero-order valence-corrected chi connectivity index (χ0v) is 16.1. The van der Waals surface area contributed by atoms with E-state index in [1.807, 2.05) is 43.3 Å². The van der Waals surface area contributed by atoms with Crippen LogP contribution in [-0.4, -0.2) is 11.6 Å². The van der Waals surface area contributed by atoms with Crippen molar-refractivity contribution in [2.24, 2.45) is 11.8 Å². The molecule has 0 radical (unpaired) electrons. The maximum Gasteiger partial charge on any atom is 0.198 e. The fourth-order valence-corrected chi connectivity index (χ4v) is 5.44. The first-order chi connectivity index (χ1) is 12.5. The average molecular weight is 383 g/mol. The molecule has 2 aliphatic carbocycles. The number of ketones is 2. The molecule has 4 rings (SSSR count). The minimum absolute atomic E-state index is 0.00109. The molecule has 2 unspecified atom stereocenters. The summed E-state index contributed by atoms with van der Waals surface area (Å²) < 4.78 is 0. The van der Waals surface area contributed by atoms with E-state index in [0.29, 0.717) is 22.1 Å². The Labute approximate surface area is 162 Å². The molecule has 2 bridgehead atoms. The molecule has 4 heteroatoms. The molecule has 0 saturated heterocycles. The predicted octanol–water partition coefficient (Wildman–Crippen LogP) is 5.88. The number of hydrogen-bond donors (Lipinski definition) is 0. The highest BCUT2D eigenvalue weighted by molar-refractivity contribution is 8.03. The summed E-state index contributed by atoms with van der Waals surface area (Å²) in [6, 6.07) is 15.3. The normalized spacial score (nSPS) is 22.0. The summed E-state index contributed by atoms with van der Waals surface area (Å²) in [5.41, 5.74) is 1.78. The van der Waals surface area contributed by atoms with Gasteiger partial charge in [0.25, 0.3) is 0 Å². The van der Waals surface area contributed by atoms with Gasteiger partial charge in [0.15, 0.2) is 11.6 Å². The fraction of sp³-hybridized carbons (Fsp3) is 0.273. The zero-order valence-electron chi connectivity index (χ0n) is 14.5. The molecule has 2 nitrogen and oxygen atoms in total. The first-order valence-corrected chi connectivity index (χ1v) is 10.1. The monoisotopic (exact) mass is 382 g/mol. The number of halogens is 1. The molecule has 2 aromatic carbocycles. The Morgan fingerprint density at radius 1 is 1.08 bits per heavy atom. The van der Waals surface area contributed by atoms with Gasteiger partial charge in [-0.05, 0) is 61.9 Å². The van der Waals surface area contributed by atoms with Gasteiger partial charge in [0.05, 0.1) is 10.6 Å². The van der Waals surface area contributed by atoms with Gasteiger partial charge in [-0.3, -0.25) is 9.59 Å². The van der Waals surface area contributed by atoms with E-state index in [1.165, 1.54) is 0 Å². The van der Waals surface area contributed by atoms with Crippen molar-refractivity contribution in [2.75, 3.05) is 0 Å². The van der Waals surface area contributed by atoms with Crippen LogP contribution in [0.15, 0.2) is 63.9 Å². The van der Waals surface area contributed by atoms with Gasteiger partial charge in [0.1, 0.15) is 0 Å². The molecule has 0 aromatic heterocycles. The molecule has 1 fully saturated rings. The number of carbonyl (C=O) groups is 2. The first kappa shape index (κ1) is 17.6. The second-order valence-electron chi connectivity index (χ2n) is 7.04. The van der Waals surface area contributed by atoms with Crippen LogP contribution in [-0.2, 0) is 4.79 Å². The van der Waals surface area contributed by atoms with E-state index in [4.69, 9.17) is 11.6 Å². The van der Waals surface area contributed by atoms with E-state index in [9.17, 15) is 9.59 Å². The number of rotatable bonds is 4. The van der Waals surface area contributed by atoms with Crippen molar-refractivity contribution in [3.8, 4) is 0 Å². The third kappa shape index (κ3) is 3.15. The molecule has 0 amide bonds. The lowest BCUT2D eigenvalue weighted by atomic mass is 9.84. The summed E-state index contributed by atoms with van der Waals surface area (Å²) >= 11 is 7.89. The Bertz CT molecular complexity index is 917. The molecule has 2 aromatic rings. The molecule has 2 aliphatic rings. The summed E-state index contributed by atoms with van der Waals surface area (Å²) in [4.78, 5) is 28.3. The van der Waals surface area contributed by atoms with Crippen LogP contribution in [0, 0.1) is 18.8 Å². The second-order valence-corrected chi connectivity index (χ2v) is 8.56. The van der Waals surface area contributed by atoms with Crippen LogP contribution in [0.1, 0.15) is 35.2 Å². The van der Waals surface area contributed by atoms with Crippen molar-refractivity contribution in [1.82, 2.24) is 0 Å². The van der Waals surface area contributed by atoms with Crippen LogP contribution in [0.5, 0.6) is 0 Å². The van der Waals surface area contributed by atoms with Gasteiger partial charge in [-0.15, -0.1) is 0 Å². The number of Topliss-reactive ketones (excluding diaryl/α,β-unsaturated/α-hetero) is 2. The Balaban J connectivity index is 1.81. The Hall–Kier alpha value is -1.84. The third-order valence-corrected chi connectivity index (χ3v) is 6.81. The minimum Gasteiger partial charge on any atom is -0.294 e. The van der Waals surface area contributed by atoms with E-state index in [0.717, 1.165) is 34.6 Å². The zero-order chi connectivity index (χ0) is 18.3. The topological polar surface area (TPSA) is 34.1 Å². The van der Waals surface area contributed by atoms with Crippen LogP contribution in [0.2, 0.25) is 5.02 Å². The molecule has 132 valence electrons. The van der Waals surface area contributed by atoms with Crippen molar-refractivity contribution < 1.29 is 9.59 Å². The van der Waals surface area contributed by atoms with Crippen LogP contribution < -0.4 is 0 Å². The van der Waals surface area contributed by atoms with Gasteiger partial charge in [0.2, 0.25) is 0 Å². The number of benzene rings is 2. The van der Waals surface area contributed by atoms with E-state index in [2.05, 4.69) is 0 Å². The van der Waals surface area contributed by atoms with Crippen LogP contribution in [0.3, 0.4) is 0 Å². The maximum atomic E-state index is 13.3. The molecule has 0 heterocycles. The van der Waals surface area contributed by atoms with Gasteiger partial charge >= 0.3 is 0 Å². The molecule has 0 aliphatic heterocycles. The van der Waals surface area contributed by atoms with Crippen molar-refractivity contribution >= 4 is 34.9 Å². The van der Waals surface area contributed by atoms with Gasteiger partial charge in [-0.2, -0.15) is 0 Å². The van der Waals surface area contributed by atoms with Crippen molar-refractivity contribution in [1.29, 1.82) is 0 Å². The van der Waals surface area contributed by atoms with E-state index in [1.54, 1.807) is 23.9 Å². The maximum absolute atomic E-state index is 13.3. The molecule has 0 N–H and O–H groups in total. The Morgan fingerprint density at radius 2 is 1.81 bits per heavy atom. The SMILES string of the molecule is Cc1ccc(C(=O)C2=C(Sc3ccccc3)C3CCC(C3)C2=O)c(Cl)c1. The summed E-state index contributed by atoms with van der Waals surface area (Å²) in [5, 5.41) is 0.414. The highest BCUT2D eigenvalue weighted by Gasteiger charge is 2.43. The summed E-state index contributed by atoms with van der Waals surface area (Å²) in [7, 11) is 0. The second kappa shape index (κ2) is 7.05. The number of aryl methyl sites for hydroxylation is 1. The largest absolute Gasteiger partial charge is 0.294 e. The van der Waals surface area contributed by atoms with E-state index >= 15 is 0 Å². The van der Waals surface area contributed by atoms with Crippen molar-refractivity contribution in [3.05, 3.63) is 75.2 Å². The number of allylic oxidation sites excluding steroid dienone is 2. The number of fused-ring (bicyclic) bond motifs is 2. The van der Waals surface area contributed by atoms with Gasteiger partial charge < -0.3 is 0 Å². The lowest BCUT2D eigenvalue weighted by Crippen LogP contribution is -2.26. The lowest BCUT2D eigenvalue weighted by molar-refractivity contribution is -0.119. The van der Waals surface area contributed by atoms with Crippen LogP contribution in [0.4, 0.5) is 0 Å². The van der Waals surface area contributed by atoms with Gasteiger partial charge in [-0.25, -0.2) is 0 Å². The predicted molar refractivity (Wildman–Crippen MR) is 106 cm³/mol. The Morgan fingerprint density at radius 3 is 2.54 bits per heavy atom. The molecular formula is C22H19ClO2S. The van der Waals surface area contributed by atoms with Crippen molar-refractivity contribution in [3.63, 3.8) is 0 Å². The van der Waals surface area contributed by atoms with Crippen LogP contribution >= 0.6 is 23.4 Å². The van der Waals surface area contributed by atoms with Gasteiger partial charge in [-0.1, -0.05) is 47.6 Å². The quantitative estimate of drug-likeness (QED) is 0.489. The molecule has 26 heavy (non-hydrogen) atoms. The molecular weight excluding hydrogens is 364 g/mol. The van der Waals surface area contributed by atoms with Crippen molar-refractivity contribution in [2.45, 2.75) is 31.1 Å². The standard InChI is InChI=1S/C22H19ClO2S/c1-13-7-10-17(18(23)11-13)21(25)19-20(24)14-8-9-15(12-14)22(19)26-16-5-3-2-4-6-16/h2-7,10-11,14-15H,8-9,12H2,1H3. The lowest BCUT2D eigenvalue weighted by Gasteiger charge is -2.24. The average Bonchev–Trinajstić information content (AvgIpc) is 3.07. The molecule has 2 atom stereocenters. The number of thioether (sulfide) groups is 1. The fourth-order valence-electron chi connectivity index (χ4n) is 3.90. The summed E-state index contributed by atoms with van der Waals surface area (Å²) in [6.45, 7) is 1.93. The number of hydrogen-bond acceptors (Lipinski definition) is 3. The van der Waals surface area contributed by atoms with E-state index < -0.39 is 0 Å². The smallest absolute Gasteiger partial charge is 0.198 e.